The molecule has 1 aliphatic carbocycles. The molecule has 5 nitrogen and oxygen atoms in total. The zero-order valence-corrected chi connectivity index (χ0v) is 12.6. The number of nitrogens with one attached hydrogen (secondary N) is 1. The van der Waals surface area contributed by atoms with Crippen LogP contribution < -0.4 is 9.62 Å². The summed E-state index contributed by atoms with van der Waals surface area (Å²) < 4.78 is 64.0. The van der Waals surface area contributed by atoms with Gasteiger partial charge in [0, 0.05) is 12.5 Å². The van der Waals surface area contributed by atoms with E-state index in [0.717, 1.165) is 25.2 Å². The topological polar surface area (TPSA) is 66.5 Å². The van der Waals surface area contributed by atoms with Crippen molar-refractivity contribution in [2.75, 3.05) is 23.7 Å². The molecule has 0 aromatic heterocycles. The maximum absolute atomic E-state index is 13.8. The standard InChI is InChI=1S/C13H15F3N2O3S/c1-22(20,21)18(7-6-17-13(19)8-2-3-8)10-5-4-9(14)11(15)12(10)16/h4-5,8H,2-3,6-7H2,1H3,(H,17,19). The van der Waals surface area contributed by atoms with Gasteiger partial charge >= 0.3 is 0 Å². The van der Waals surface area contributed by atoms with E-state index in [1.165, 1.54) is 0 Å². The van der Waals surface area contributed by atoms with Gasteiger partial charge in [-0.2, -0.15) is 0 Å². The predicted molar refractivity (Wildman–Crippen MR) is 74.2 cm³/mol. The molecule has 1 aliphatic rings. The van der Waals surface area contributed by atoms with Crippen molar-refractivity contribution in [2.45, 2.75) is 12.8 Å². The van der Waals surface area contributed by atoms with Crippen molar-refractivity contribution in [3.8, 4) is 0 Å². The highest BCUT2D eigenvalue weighted by Crippen LogP contribution is 2.29. The molecule has 22 heavy (non-hydrogen) atoms. The van der Waals surface area contributed by atoms with Crippen LogP contribution in [0.15, 0.2) is 12.1 Å². The lowest BCUT2D eigenvalue weighted by atomic mass is 10.2. The summed E-state index contributed by atoms with van der Waals surface area (Å²) in [5, 5.41) is 2.53. The van der Waals surface area contributed by atoms with Crippen molar-refractivity contribution in [3.63, 3.8) is 0 Å². The van der Waals surface area contributed by atoms with E-state index in [-0.39, 0.29) is 24.9 Å². The molecule has 9 heteroatoms. The van der Waals surface area contributed by atoms with Crippen LogP contribution in [0.25, 0.3) is 0 Å². The number of carbonyl (C=O) groups is 1. The van der Waals surface area contributed by atoms with E-state index < -0.39 is 33.2 Å². The molecule has 0 unspecified atom stereocenters. The number of rotatable bonds is 6. The summed E-state index contributed by atoms with van der Waals surface area (Å²) in [5.74, 6) is -4.98. The molecule has 0 saturated heterocycles. The molecule has 0 aliphatic heterocycles. The SMILES string of the molecule is CS(=O)(=O)N(CCNC(=O)C1CC1)c1ccc(F)c(F)c1F. The van der Waals surface area contributed by atoms with Gasteiger partial charge in [-0.05, 0) is 25.0 Å². The Morgan fingerprint density at radius 2 is 1.91 bits per heavy atom. The van der Waals surface area contributed by atoms with Crippen LogP contribution in [0.1, 0.15) is 12.8 Å². The minimum Gasteiger partial charge on any atom is -0.354 e. The van der Waals surface area contributed by atoms with Crippen molar-refractivity contribution in [3.05, 3.63) is 29.6 Å². The van der Waals surface area contributed by atoms with Gasteiger partial charge in [0.2, 0.25) is 15.9 Å². The van der Waals surface area contributed by atoms with Crippen molar-refractivity contribution < 1.29 is 26.4 Å². The molecule has 1 aromatic carbocycles. The van der Waals surface area contributed by atoms with E-state index >= 15 is 0 Å². The molecular formula is C13H15F3N2O3S. The Hall–Kier alpha value is -1.77. The van der Waals surface area contributed by atoms with Crippen molar-refractivity contribution in [1.82, 2.24) is 5.32 Å². The number of amides is 1. The molecule has 1 fully saturated rings. The Labute approximate surface area is 126 Å². The number of hydrogen-bond donors (Lipinski definition) is 1. The Morgan fingerprint density at radius 3 is 2.45 bits per heavy atom. The van der Waals surface area contributed by atoms with Crippen molar-refractivity contribution in [2.24, 2.45) is 5.92 Å². The van der Waals surface area contributed by atoms with Gasteiger partial charge in [0.05, 0.1) is 18.5 Å². The third-order valence-electron chi connectivity index (χ3n) is 3.25. The summed E-state index contributed by atoms with van der Waals surface area (Å²) in [6, 6.07) is 1.49. The molecule has 0 bridgehead atoms. The first-order valence-electron chi connectivity index (χ1n) is 6.60. The van der Waals surface area contributed by atoms with Crippen LogP contribution in [0.2, 0.25) is 0 Å². The second-order valence-corrected chi connectivity index (χ2v) is 7.00. The van der Waals surface area contributed by atoms with Crippen LogP contribution in [0.4, 0.5) is 18.9 Å². The van der Waals surface area contributed by atoms with Gasteiger partial charge < -0.3 is 5.32 Å². The van der Waals surface area contributed by atoms with Crippen LogP contribution in [-0.2, 0) is 14.8 Å². The van der Waals surface area contributed by atoms with Crippen LogP contribution in [0.5, 0.6) is 0 Å². The van der Waals surface area contributed by atoms with E-state index in [1.807, 2.05) is 0 Å². The van der Waals surface area contributed by atoms with E-state index in [1.54, 1.807) is 0 Å². The zero-order valence-electron chi connectivity index (χ0n) is 11.8. The first-order valence-corrected chi connectivity index (χ1v) is 8.45. The Kier molecular flexibility index (Phi) is 4.64. The lowest BCUT2D eigenvalue weighted by molar-refractivity contribution is -0.122. The van der Waals surface area contributed by atoms with E-state index in [0.29, 0.717) is 10.4 Å². The van der Waals surface area contributed by atoms with Crippen molar-refractivity contribution >= 4 is 21.6 Å². The first kappa shape index (κ1) is 16.6. The lowest BCUT2D eigenvalue weighted by Gasteiger charge is -2.23. The number of hydrogen-bond acceptors (Lipinski definition) is 3. The van der Waals surface area contributed by atoms with Crippen LogP contribution in [0, 0.1) is 23.4 Å². The average molecular weight is 336 g/mol. The molecule has 0 spiro atoms. The minimum absolute atomic E-state index is 0.0494. The van der Waals surface area contributed by atoms with Gasteiger partial charge in [-0.25, -0.2) is 21.6 Å². The van der Waals surface area contributed by atoms with Gasteiger partial charge in [0.1, 0.15) is 0 Å². The number of anilines is 1. The zero-order chi connectivity index (χ0) is 16.5. The second kappa shape index (κ2) is 6.15. The summed E-state index contributed by atoms with van der Waals surface area (Å²) >= 11 is 0. The Morgan fingerprint density at radius 1 is 1.27 bits per heavy atom. The fourth-order valence-electron chi connectivity index (χ4n) is 1.94. The number of nitrogens with zero attached hydrogens (tertiary/aromatic N) is 1. The summed E-state index contributed by atoms with van der Waals surface area (Å²) in [7, 11) is -3.92. The molecule has 1 amide bonds. The van der Waals surface area contributed by atoms with Crippen LogP contribution >= 0.6 is 0 Å². The normalized spacial score (nSPS) is 14.7. The number of halogens is 3. The maximum atomic E-state index is 13.8. The fourth-order valence-corrected chi connectivity index (χ4v) is 2.86. The summed E-state index contributed by atoms with van der Waals surface area (Å²) in [6.07, 6.45) is 2.40. The molecule has 122 valence electrons. The molecule has 1 N–H and O–H groups in total. The highest BCUT2D eigenvalue weighted by molar-refractivity contribution is 7.92. The third kappa shape index (κ3) is 3.70. The predicted octanol–water partition coefficient (Wildman–Crippen LogP) is 1.40. The smallest absolute Gasteiger partial charge is 0.232 e. The summed E-state index contributed by atoms with van der Waals surface area (Å²) in [5.41, 5.74) is -0.595. The van der Waals surface area contributed by atoms with Gasteiger partial charge in [-0.3, -0.25) is 9.10 Å². The summed E-state index contributed by atoms with van der Waals surface area (Å²) in [6.45, 7) is -0.333. The third-order valence-corrected chi connectivity index (χ3v) is 4.43. The van der Waals surface area contributed by atoms with Gasteiger partial charge in [0.25, 0.3) is 0 Å². The molecule has 0 heterocycles. The molecular weight excluding hydrogens is 321 g/mol. The number of carbonyl (C=O) groups excluding carboxylic acids is 1. The van der Waals surface area contributed by atoms with Gasteiger partial charge in [-0.15, -0.1) is 0 Å². The maximum Gasteiger partial charge on any atom is 0.232 e. The van der Waals surface area contributed by atoms with Crippen molar-refractivity contribution in [1.29, 1.82) is 0 Å². The van der Waals surface area contributed by atoms with E-state index in [4.69, 9.17) is 0 Å². The molecule has 1 aromatic rings. The van der Waals surface area contributed by atoms with Crippen LogP contribution in [0.3, 0.4) is 0 Å². The first-order chi connectivity index (χ1) is 10.2. The quantitative estimate of drug-likeness (QED) is 0.799. The lowest BCUT2D eigenvalue weighted by Crippen LogP contribution is -2.39. The van der Waals surface area contributed by atoms with E-state index in [2.05, 4.69) is 5.32 Å². The molecule has 2 rings (SSSR count). The summed E-state index contributed by atoms with van der Waals surface area (Å²) in [4.78, 5) is 11.5. The van der Waals surface area contributed by atoms with Crippen LogP contribution in [-0.4, -0.2) is 33.7 Å². The second-order valence-electron chi connectivity index (χ2n) is 5.09. The number of sulfonamides is 1. The average Bonchev–Trinajstić information content (AvgIpc) is 3.25. The van der Waals surface area contributed by atoms with Gasteiger partial charge in [-0.1, -0.05) is 0 Å². The fraction of sp³-hybridized carbons (Fsp3) is 0.462. The Bertz CT molecular complexity index is 690. The van der Waals surface area contributed by atoms with Gasteiger partial charge in [0.15, 0.2) is 17.5 Å². The minimum atomic E-state index is -3.92. The highest BCUT2D eigenvalue weighted by Gasteiger charge is 2.30. The monoisotopic (exact) mass is 336 g/mol. The number of benzene rings is 1. The molecule has 0 atom stereocenters. The molecule has 0 radical (unpaired) electrons. The molecule has 1 saturated carbocycles. The Balaban J connectivity index is 2.16. The van der Waals surface area contributed by atoms with E-state index in [9.17, 15) is 26.4 Å². The largest absolute Gasteiger partial charge is 0.354 e. The highest BCUT2D eigenvalue weighted by atomic mass is 32.2.